The first kappa shape index (κ1) is 22.2. The lowest BCUT2D eigenvalue weighted by molar-refractivity contribution is -0.139. The minimum Gasteiger partial charge on any atom is -0.497 e. The number of rotatable bonds is 9. The maximum absolute atomic E-state index is 12.1. The van der Waals surface area contributed by atoms with Crippen LogP contribution in [0.1, 0.15) is 5.56 Å². The fourth-order valence-corrected chi connectivity index (χ4v) is 2.19. The predicted octanol–water partition coefficient (Wildman–Crippen LogP) is 1.46. The Balaban J connectivity index is 1.84. The van der Waals surface area contributed by atoms with E-state index in [0.717, 1.165) is 0 Å². The fourth-order valence-electron chi connectivity index (χ4n) is 2.19. The highest BCUT2D eigenvalue weighted by molar-refractivity contribution is 6.35. The Kier molecular flexibility index (Phi) is 8.60. The number of hydrogen-bond donors (Lipinski definition) is 3. The second-order valence-corrected chi connectivity index (χ2v) is 5.84. The van der Waals surface area contributed by atoms with Crippen molar-refractivity contribution in [3.63, 3.8) is 0 Å². The van der Waals surface area contributed by atoms with Gasteiger partial charge in [-0.1, -0.05) is 24.3 Å². The van der Waals surface area contributed by atoms with Gasteiger partial charge in [0.15, 0.2) is 6.61 Å². The van der Waals surface area contributed by atoms with Crippen LogP contribution in [0.25, 0.3) is 0 Å². The normalized spacial score (nSPS) is 10.2. The number of hydrogen-bond acceptors (Lipinski definition) is 6. The zero-order chi connectivity index (χ0) is 21.8. The van der Waals surface area contributed by atoms with Crippen LogP contribution >= 0.6 is 0 Å². The number of methoxy groups -OCH3 is 1. The van der Waals surface area contributed by atoms with E-state index < -0.39 is 11.8 Å². The van der Waals surface area contributed by atoms with E-state index in [1.54, 1.807) is 55.6 Å². The Labute approximate surface area is 173 Å². The molecule has 30 heavy (non-hydrogen) atoms. The first-order valence-corrected chi connectivity index (χ1v) is 8.90. The second-order valence-electron chi connectivity index (χ2n) is 5.84. The summed E-state index contributed by atoms with van der Waals surface area (Å²) in [6, 6.07) is 13.7. The predicted molar refractivity (Wildman–Crippen MR) is 113 cm³/mol. The van der Waals surface area contributed by atoms with Gasteiger partial charge in [-0.2, -0.15) is 5.10 Å². The van der Waals surface area contributed by atoms with E-state index in [1.807, 2.05) is 0 Å². The molecule has 0 saturated carbocycles. The molecule has 3 amide bonds. The molecule has 0 bridgehead atoms. The molecule has 0 fully saturated rings. The van der Waals surface area contributed by atoms with Crippen molar-refractivity contribution in [1.82, 2.24) is 10.7 Å². The summed E-state index contributed by atoms with van der Waals surface area (Å²) in [5, 5.41) is 8.77. The summed E-state index contributed by atoms with van der Waals surface area (Å²) in [5.41, 5.74) is 3.31. The Morgan fingerprint density at radius 1 is 1.07 bits per heavy atom. The summed E-state index contributed by atoms with van der Waals surface area (Å²) in [7, 11) is 1.55. The molecular formula is C21H22N4O5. The third-order valence-corrected chi connectivity index (χ3v) is 3.57. The number of anilines is 1. The van der Waals surface area contributed by atoms with Crippen LogP contribution in [-0.4, -0.2) is 44.2 Å². The number of hydrazone groups is 1. The summed E-state index contributed by atoms with van der Waals surface area (Å²) in [5.74, 6) is -0.971. The van der Waals surface area contributed by atoms with Gasteiger partial charge < -0.3 is 20.1 Å². The first-order valence-electron chi connectivity index (χ1n) is 8.90. The lowest BCUT2D eigenvalue weighted by atomic mass is 10.2. The molecule has 156 valence electrons. The first-order chi connectivity index (χ1) is 14.5. The third kappa shape index (κ3) is 7.47. The topological polar surface area (TPSA) is 118 Å². The lowest BCUT2D eigenvalue weighted by Crippen LogP contribution is -2.37. The summed E-state index contributed by atoms with van der Waals surface area (Å²) in [6.07, 6.45) is 2.80. The van der Waals surface area contributed by atoms with Crippen molar-refractivity contribution in [1.29, 1.82) is 0 Å². The quantitative estimate of drug-likeness (QED) is 0.250. The van der Waals surface area contributed by atoms with Crippen LogP contribution in [-0.2, 0) is 14.4 Å². The molecule has 3 N–H and O–H groups in total. The average Bonchev–Trinajstić information content (AvgIpc) is 2.76. The number of carbonyl (C=O) groups is 3. The van der Waals surface area contributed by atoms with Gasteiger partial charge in [-0.25, -0.2) is 5.43 Å². The largest absolute Gasteiger partial charge is 0.497 e. The highest BCUT2D eigenvalue weighted by Gasteiger charge is 2.10. The summed E-state index contributed by atoms with van der Waals surface area (Å²) in [4.78, 5) is 35.0. The molecule has 0 spiro atoms. The van der Waals surface area contributed by atoms with Crippen molar-refractivity contribution in [3.8, 4) is 11.5 Å². The minimum atomic E-state index is -0.894. The Hall–Kier alpha value is -4.14. The Morgan fingerprint density at radius 2 is 1.83 bits per heavy atom. The van der Waals surface area contributed by atoms with E-state index in [4.69, 9.17) is 9.47 Å². The number of carbonyl (C=O) groups excluding carboxylic acids is 3. The van der Waals surface area contributed by atoms with Crippen molar-refractivity contribution < 1.29 is 23.9 Å². The smallest absolute Gasteiger partial charge is 0.329 e. The van der Waals surface area contributed by atoms with E-state index in [9.17, 15) is 14.4 Å². The Bertz CT molecular complexity index is 942. The monoisotopic (exact) mass is 410 g/mol. The van der Waals surface area contributed by atoms with Gasteiger partial charge in [0.2, 0.25) is 0 Å². The summed E-state index contributed by atoms with van der Waals surface area (Å²) < 4.78 is 10.6. The van der Waals surface area contributed by atoms with E-state index in [0.29, 0.717) is 22.7 Å². The van der Waals surface area contributed by atoms with Gasteiger partial charge in [-0.05, 0) is 29.8 Å². The SMILES string of the molecule is C=CCNC(=O)C(=O)N/N=C\c1cccc(OCC(=O)Nc2cccc(OC)c2)c1. The summed E-state index contributed by atoms with van der Waals surface area (Å²) in [6.45, 7) is 3.42. The molecule has 9 nitrogen and oxygen atoms in total. The maximum Gasteiger partial charge on any atom is 0.329 e. The number of nitrogens with one attached hydrogen (secondary N) is 3. The molecule has 0 aromatic heterocycles. The number of nitrogens with zero attached hydrogens (tertiary/aromatic N) is 1. The fraction of sp³-hybridized carbons (Fsp3) is 0.143. The van der Waals surface area contributed by atoms with Crippen LogP contribution in [0, 0.1) is 0 Å². The molecule has 0 radical (unpaired) electrons. The second kappa shape index (κ2) is 11.6. The van der Waals surface area contributed by atoms with Gasteiger partial charge >= 0.3 is 11.8 Å². The van der Waals surface area contributed by atoms with Crippen LogP contribution in [0.2, 0.25) is 0 Å². The molecule has 2 aromatic rings. The van der Waals surface area contributed by atoms with E-state index in [2.05, 4.69) is 27.7 Å². The van der Waals surface area contributed by atoms with Gasteiger partial charge in [-0.15, -0.1) is 6.58 Å². The van der Waals surface area contributed by atoms with E-state index in [-0.39, 0.29) is 19.1 Å². The number of amides is 3. The molecule has 0 atom stereocenters. The summed E-state index contributed by atoms with van der Waals surface area (Å²) >= 11 is 0. The number of benzene rings is 2. The molecule has 0 unspecified atom stereocenters. The standard InChI is InChI=1S/C21H22N4O5/c1-3-10-22-20(27)21(28)25-23-13-15-6-4-9-18(11-15)30-14-19(26)24-16-7-5-8-17(12-16)29-2/h3-9,11-13H,1,10,14H2,2H3,(H,22,27)(H,24,26)(H,25,28)/b23-13-. The molecule has 2 rings (SSSR count). The van der Waals surface area contributed by atoms with Crippen molar-refractivity contribution in [2.24, 2.45) is 5.10 Å². The molecular weight excluding hydrogens is 388 g/mol. The third-order valence-electron chi connectivity index (χ3n) is 3.57. The highest BCUT2D eigenvalue weighted by Crippen LogP contribution is 2.17. The van der Waals surface area contributed by atoms with Gasteiger partial charge in [0.25, 0.3) is 5.91 Å². The molecule has 0 heterocycles. The van der Waals surface area contributed by atoms with Crippen LogP contribution in [0.5, 0.6) is 11.5 Å². The van der Waals surface area contributed by atoms with Gasteiger partial charge in [0, 0.05) is 18.3 Å². The van der Waals surface area contributed by atoms with Crippen molar-refractivity contribution >= 4 is 29.6 Å². The zero-order valence-electron chi connectivity index (χ0n) is 16.4. The lowest BCUT2D eigenvalue weighted by Gasteiger charge is -2.09. The molecule has 9 heteroatoms. The van der Waals surface area contributed by atoms with Gasteiger partial charge in [0.1, 0.15) is 11.5 Å². The van der Waals surface area contributed by atoms with Gasteiger partial charge in [-0.3, -0.25) is 14.4 Å². The van der Waals surface area contributed by atoms with Crippen molar-refractivity contribution in [2.75, 3.05) is 25.6 Å². The van der Waals surface area contributed by atoms with Crippen LogP contribution < -0.4 is 25.5 Å². The van der Waals surface area contributed by atoms with E-state index >= 15 is 0 Å². The molecule has 0 saturated heterocycles. The molecule has 2 aromatic carbocycles. The van der Waals surface area contributed by atoms with Gasteiger partial charge in [0.05, 0.1) is 13.3 Å². The van der Waals surface area contributed by atoms with Crippen molar-refractivity contribution in [2.45, 2.75) is 0 Å². The van der Waals surface area contributed by atoms with E-state index in [1.165, 1.54) is 12.3 Å². The highest BCUT2D eigenvalue weighted by atomic mass is 16.5. The van der Waals surface area contributed by atoms with Crippen LogP contribution in [0.3, 0.4) is 0 Å². The minimum absolute atomic E-state index is 0.181. The number of ether oxygens (including phenoxy) is 2. The van der Waals surface area contributed by atoms with Crippen LogP contribution in [0.15, 0.2) is 66.3 Å². The molecule has 0 aliphatic rings. The molecule has 0 aliphatic carbocycles. The average molecular weight is 410 g/mol. The maximum atomic E-state index is 12.1. The molecule has 0 aliphatic heterocycles. The Morgan fingerprint density at radius 3 is 2.60 bits per heavy atom. The zero-order valence-corrected chi connectivity index (χ0v) is 16.4. The van der Waals surface area contributed by atoms with Crippen molar-refractivity contribution in [3.05, 3.63) is 66.7 Å². The van der Waals surface area contributed by atoms with Crippen LogP contribution in [0.4, 0.5) is 5.69 Å².